The minimum Gasteiger partial charge on any atom is -0.472 e. The number of anilines is 1. The van der Waals surface area contributed by atoms with Crippen molar-refractivity contribution >= 4 is 40.2 Å². The Bertz CT molecular complexity index is 1270. The van der Waals surface area contributed by atoms with Gasteiger partial charge in [0.05, 0.1) is 35.2 Å². The maximum Gasteiger partial charge on any atom is 0.410 e. The predicted octanol–water partition coefficient (Wildman–Crippen LogP) is 4.75. The summed E-state index contributed by atoms with van der Waals surface area (Å²) in [7, 11) is 0. The van der Waals surface area contributed by atoms with Crippen molar-refractivity contribution in [2.24, 2.45) is 0 Å². The lowest BCUT2D eigenvalue weighted by Crippen LogP contribution is -2.68. The number of fused-ring (bicyclic) bond motifs is 2. The topological polar surface area (TPSA) is 96.9 Å². The molecule has 0 spiro atoms. The molecule has 1 N–H and O–H groups in total. The van der Waals surface area contributed by atoms with E-state index in [0.29, 0.717) is 42.7 Å². The van der Waals surface area contributed by atoms with Crippen molar-refractivity contribution in [1.29, 1.82) is 0 Å². The molecule has 3 unspecified atom stereocenters. The van der Waals surface area contributed by atoms with E-state index in [1.54, 1.807) is 11.0 Å². The molecule has 0 aromatic carbocycles. The highest BCUT2D eigenvalue weighted by Crippen LogP contribution is 2.44. The number of rotatable bonds is 2. The van der Waals surface area contributed by atoms with Crippen molar-refractivity contribution in [2.75, 3.05) is 11.4 Å². The fourth-order valence-electron chi connectivity index (χ4n) is 5.85. The molecule has 5 atom stereocenters. The van der Waals surface area contributed by atoms with Crippen LogP contribution in [0.25, 0.3) is 10.8 Å². The van der Waals surface area contributed by atoms with Crippen LogP contribution in [-0.2, 0) is 9.53 Å². The smallest absolute Gasteiger partial charge is 0.410 e. The number of aromatic nitrogens is 2. The Morgan fingerprint density at radius 2 is 2.05 bits per heavy atom. The van der Waals surface area contributed by atoms with Crippen LogP contribution in [0.5, 0.6) is 5.88 Å². The Hall–Kier alpha value is -2.88. The summed E-state index contributed by atoms with van der Waals surface area (Å²) < 4.78 is 27.5. The minimum atomic E-state index is -0.656. The van der Waals surface area contributed by atoms with Crippen LogP contribution in [0, 0.1) is 5.82 Å². The van der Waals surface area contributed by atoms with Crippen LogP contribution in [-0.4, -0.2) is 63.2 Å². The molecule has 9 nitrogen and oxygen atoms in total. The van der Waals surface area contributed by atoms with Gasteiger partial charge in [-0.1, -0.05) is 18.5 Å². The third-order valence-corrected chi connectivity index (χ3v) is 7.57. The van der Waals surface area contributed by atoms with Gasteiger partial charge in [0.15, 0.2) is 11.0 Å². The summed E-state index contributed by atoms with van der Waals surface area (Å²) in [5.41, 5.74) is -0.0796. The molecular weight excluding hydrogens is 501 g/mol. The molecule has 200 valence electrons. The summed E-state index contributed by atoms with van der Waals surface area (Å²) in [6.07, 6.45) is 0.785. The largest absolute Gasteiger partial charge is 0.472 e. The SMILES string of the molecule is CC[C@H]1[C@H]2C(C)Oc3nc(Cl)c(F)c4cc(C5CCC(=O)N5)nc(c34)N2CC(C)N1C(=O)OC(C)(C)C. The van der Waals surface area contributed by atoms with Crippen molar-refractivity contribution < 1.29 is 23.5 Å². The quantitative estimate of drug-likeness (QED) is 0.556. The number of pyridine rings is 2. The van der Waals surface area contributed by atoms with Crippen LogP contribution >= 0.6 is 11.6 Å². The average molecular weight is 534 g/mol. The molecule has 0 radical (unpaired) electrons. The number of ether oxygens (including phenoxy) is 2. The number of carbonyl (C=O) groups excluding carboxylic acids is 2. The van der Waals surface area contributed by atoms with Crippen molar-refractivity contribution in [1.82, 2.24) is 20.2 Å². The second-order valence-electron chi connectivity index (χ2n) is 11.2. The van der Waals surface area contributed by atoms with Crippen LogP contribution in [0.15, 0.2) is 6.07 Å². The standard InChI is InChI=1S/C26H33ClFN5O4/c1-7-17-21-13(3)36-24-19-14(20(28)22(27)31-24)10-16(15-8-9-18(34)29-15)30-23(19)32(21)11-12(2)33(17)25(35)37-26(4,5)6/h10,12-13,15,17,21H,7-9,11H2,1-6H3,(H,29,34)/t12?,13?,15?,17-,21+/m0/s1. The first-order valence-electron chi connectivity index (χ1n) is 12.8. The number of hydrogen-bond acceptors (Lipinski definition) is 7. The summed E-state index contributed by atoms with van der Waals surface area (Å²) in [6.45, 7) is 11.9. The van der Waals surface area contributed by atoms with Gasteiger partial charge in [0.2, 0.25) is 11.8 Å². The molecule has 0 saturated carbocycles. The van der Waals surface area contributed by atoms with Gasteiger partial charge in [-0.05, 0) is 53.5 Å². The molecule has 3 aliphatic heterocycles. The maximum atomic E-state index is 15.4. The molecule has 0 bridgehead atoms. The fraction of sp³-hybridized carbons (Fsp3) is 0.615. The van der Waals surface area contributed by atoms with Crippen molar-refractivity contribution in [2.45, 2.75) is 96.7 Å². The van der Waals surface area contributed by atoms with E-state index in [-0.39, 0.29) is 52.6 Å². The molecule has 2 saturated heterocycles. The number of halogens is 2. The molecule has 5 heterocycles. The lowest BCUT2D eigenvalue weighted by Gasteiger charge is -2.51. The van der Waals surface area contributed by atoms with Crippen LogP contribution in [0.3, 0.4) is 0 Å². The van der Waals surface area contributed by atoms with Gasteiger partial charge in [-0.25, -0.2) is 14.2 Å². The van der Waals surface area contributed by atoms with Gasteiger partial charge in [-0.15, -0.1) is 0 Å². The molecule has 2 aromatic heterocycles. The minimum absolute atomic E-state index is 0.0628. The Balaban J connectivity index is 1.67. The second kappa shape index (κ2) is 9.15. The van der Waals surface area contributed by atoms with E-state index in [1.807, 2.05) is 41.5 Å². The summed E-state index contributed by atoms with van der Waals surface area (Å²) in [5, 5.41) is 3.33. The van der Waals surface area contributed by atoms with E-state index in [4.69, 9.17) is 26.1 Å². The second-order valence-corrected chi connectivity index (χ2v) is 11.5. The molecule has 2 fully saturated rings. The fourth-order valence-corrected chi connectivity index (χ4v) is 6.03. The number of nitrogens with one attached hydrogen (secondary N) is 1. The average Bonchev–Trinajstić information content (AvgIpc) is 3.21. The summed E-state index contributed by atoms with van der Waals surface area (Å²) in [6, 6.07) is 0.504. The Morgan fingerprint density at radius 3 is 2.68 bits per heavy atom. The lowest BCUT2D eigenvalue weighted by atomic mass is 9.92. The van der Waals surface area contributed by atoms with Gasteiger partial charge in [-0.3, -0.25) is 9.69 Å². The zero-order valence-electron chi connectivity index (χ0n) is 22.0. The third-order valence-electron chi connectivity index (χ3n) is 7.32. The van der Waals surface area contributed by atoms with Gasteiger partial charge in [0.25, 0.3) is 0 Å². The molecule has 37 heavy (non-hydrogen) atoms. The van der Waals surface area contributed by atoms with Crippen LogP contribution in [0.1, 0.15) is 72.5 Å². The number of carbonyl (C=O) groups is 2. The van der Waals surface area contributed by atoms with Gasteiger partial charge < -0.3 is 19.7 Å². The normalized spacial score (nSPS) is 27.5. The number of amides is 2. The number of hydrogen-bond donors (Lipinski definition) is 1. The monoisotopic (exact) mass is 533 g/mol. The predicted molar refractivity (Wildman–Crippen MR) is 137 cm³/mol. The highest BCUT2D eigenvalue weighted by molar-refractivity contribution is 6.30. The molecule has 0 aliphatic carbocycles. The van der Waals surface area contributed by atoms with Gasteiger partial charge >= 0.3 is 6.09 Å². The summed E-state index contributed by atoms with van der Waals surface area (Å²) >= 11 is 6.20. The van der Waals surface area contributed by atoms with Crippen molar-refractivity contribution in [3.8, 4) is 5.88 Å². The highest BCUT2D eigenvalue weighted by atomic mass is 35.5. The van der Waals surface area contributed by atoms with E-state index < -0.39 is 17.5 Å². The van der Waals surface area contributed by atoms with E-state index in [1.165, 1.54) is 0 Å². The van der Waals surface area contributed by atoms with E-state index >= 15 is 4.39 Å². The molecule has 2 aromatic rings. The highest BCUT2D eigenvalue weighted by Gasteiger charge is 2.49. The molecule has 3 aliphatic rings. The zero-order chi connectivity index (χ0) is 26.8. The van der Waals surface area contributed by atoms with Gasteiger partial charge in [0, 0.05) is 18.4 Å². The summed E-state index contributed by atoms with van der Waals surface area (Å²) in [5.74, 6) is 0.0123. The zero-order valence-corrected chi connectivity index (χ0v) is 22.7. The summed E-state index contributed by atoms with van der Waals surface area (Å²) in [4.78, 5) is 38.4. The van der Waals surface area contributed by atoms with Gasteiger partial charge in [0.1, 0.15) is 17.5 Å². The van der Waals surface area contributed by atoms with Crippen molar-refractivity contribution in [3.05, 3.63) is 22.7 Å². The molecule has 11 heteroatoms. The van der Waals surface area contributed by atoms with Gasteiger partial charge in [-0.2, -0.15) is 4.98 Å². The number of nitrogens with zero attached hydrogens (tertiary/aromatic N) is 4. The molecular formula is C26H33ClFN5O4. The van der Waals surface area contributed by atoms with Crippen LogP contribution in [0.4, 0.5) is 15.0 Å². The van der Waals surface area contributed by atoms with E-state index in [2.05, 4.69) is 15.2 Å². The number of piperazine rings is 1. The lowest BCUT2D eigenvalue weighted by molar-refractivity contribution is -0.119. The molecule has 5 rings (SSSR count). The molecule has 2 amide bonds. The first-order valence-corrected chi connectivity index (χ1v) is 13.2. The third kappa shape index (κ3) is 4.43. The maximum absolute atomic E-state index is 15.4. The first kappa shape index (κ1) is 25.8. The van der Waals surface area contributed by atoms with E-state index in [0.717, 1.165) is 0 Å². The van der Waals surface area contributed by atoms with Crippen LogP contribution in [0.2, 0.25) is 5.15 Å². The van der Waals surface area contributed by atoms with Crippen LogP contribution < -0.4 is 15.0 Å². The van der Waals surface area contributed by atoms with Crippen molar-refractivity contribution in [3.63, 3.8) is 0 Å². The Kier molecular flexibility index (Phi) is 6.37. The van der Waals surface area contributed by atoms with E-state index in [9.17, 15) is 9.59 Å². The Morgan fingerprint density at radius 1 is 1.32 bits per heavy atom. The first-order chi connectivity index (χ1) is 17.4. The Labute approximate surface area is 220 Å².